The van der Waals surface area contributed by atoms with Crippen LogP contribution in [-0.4, -0.2) is 44.0 Å². The van der Waals surface area contributed by atoms with Crippen molar-refractivity contribution in [3.63, 3.8) is 0 Å². The van der Waals surface area contributed by atoms with E-state index in [9.17, 15) is 4.79 Å². The molecule has 1 aliphatic rings. The van der Waals surface area contributed by atoms with Gasteiger partial charge in [0.2, 0.25) is 5.91 Å². The zero-order valence-corrected chi connectivity index (χ0v) is 11.2. The number of carbonyl (C=O) groups excluding carboxylic acids is 1. The van der Waals surface area contributed by atoms with E-state index in [4.69, 9.17) is 5.73 Å². The first-order valence-electron chi connectivity index (χ1n) is 6.83. The van der Waals surface area contributed by atoms with E-state index < -0.39 is 0 Å². The van der Waals surface area contributed by atoms with Gasteiger partial charge in [-0.3, -0.25) is 4.79 Å². The molecule has 1 unspecified atom stereocenters. The molecule has 0 spiro atoms. The normalized spacial score (nSPS) is 20.2. The molecule has 0 aromatic heterocycles. The van der Waals surface area contributed by atoms with Crippen LogP contribution in [0.15, 0.2) is 0 Å². The van der Waals surface area contributed by atoms with Gasteiger partial charge in [0.15, 0.2) is 0 Å². The number of piperidine rings is 1. The van der Waals surface area contributed by atoms with Crippen LogP contribution in [0, 0.1) is 11.8 Å². The molecule has 0 aromatic carbocycles. The standard InChI is InChI=1S/C13H27N3O/c1-3-12(10-14)13(17)15-7-4-11-5-8-16(2)9-6-11/h11-12H,3-10,14H2,1-2H3,(H,15,17). The molecule has 1 heterocycles. The summed E-state index contributed by atoms with van der Waals surface area (Å²) >= 11 is 0. The molecule has 0 aromatic rings. The number of nitrogens with one attached hydrogen (secondary N) is 1. The molecule has 0 saturated carbocycles. The highest BCUT2D eigenvalue weighted by atomic mass is 16.1. The monoisotopic (exact) mass is 241 g/mol. The number of nitrogens with zero attached hydrogens (tertiary/aromatic N) is 1. The predicted octanol–water partition coefficient (Wildman–Crippen LogP) is 0.819. The topological polar surface area (TPSA) is 58.4 Å². The number of hydrogen-bond donors (Lipinski definition) is 2. The van der Waals surface area contributed by atoms with Crippen molar-refractivity contribution in [2.24, 2.45) is 17.6 Å². The third kappa shape index (κ3) is 5.04. The van der Waals surface area contributed by atoms with Crippen LogP contribution in [0.2, 0.25) is 0 Å². The highest BCUT2D eigenvalue weighted by Crippen LogP contribution is 2.18. The van der Waals surface area contributed by atoms with Crippen LogP contribution in [0.4, 0.5) is 0 Å². The molecule has 4 nitrogen and oxygen atoms in total. The van der Waals surface area contributed by atoms with E-state index in [-0.39, 0.29) is 11.8 Å². The Morgan fingerprint density at radius 2 is 2.12 bits per heavy atom. The van der Waals surface area contributed by atoms with E-state index >= 15 is 0 Å². The van der Waals surface area contributed by atoms with Gasteiger partial charge in [-0.2, -0.15) is 0 Å². The molecule has 1 fully saturated rings. The van der Waals surface area contributed by atoms with Gasteiger partial charge < -0.3 is 16.0 Å². The van der Waals surface area contributed by atoms with Gasteiger partial charge in [-0.1, -0.05) is 6.92 Å². The van der Waals surface area contributed by atoms with Crippen molar-refractivity contribution in [1.82, 2.24) is 10.2 Å². The van der Waals surface area contributed by atoms with Gasteiger partial charge in [0.25, 0.3) is 0 Å². The average Bonchev–Trinajstić information content (AvgIpc) is 2.33. The molecule has 100 valence electrons. The Morgan fingerprint density at radius 3 is 2.65 bits per heavy atom. The van der Waals surface area contributed by atoms with Crippen LogP contribution in [0.3, 0.4) is 0 Å². The van der Waals surface area contributed by atoms with E-state index in [1.54, 1.807) is 0 Å². The summed E-state index contributed by atoms with van der Waals surface area (Å²) in [5.41, 5.74) is 5.55. The Balaban J connectivity index is 2.13. The predicted molar refractivity (Wildman–Crippen MR) is 70.7 cm³/mol. The van der Waals surface area contributed by atoms with Gasteiger partial charge in [-0.15, -0.1) is 0 Å². The Labute approximate surface area is 105 Å². The molecule has 0 aliphatic carbocycles. The minimum Gasteiger partial charge on any atom is -0.356 e. The number of hydrogen-bond acceptors (Lipinski definition) is 3. The maximum atomic E-state index is 11.7. The van der Waals surface area contributed by atoms with Gasteiger partial charge in [0.1, 0.15) is 0 Å². The molecule has 1 aliphatic heterocycles. The summed E-state index contributed by atoms with van der Waals surface area (Å²) < 4.78 is 0. The highest BCUT2D eigenvalue weighted by Gasteiger charge is 2.18. The highest BCUT2D eigenvalue weighted by molar-refractivity contribution is 5.78. The third-order valence-corrected chi connectivity index (χ3v) is 3.84. The second-order valence-corrected chi connectivity index (χ2v) is 5.17. The van der Waals surface area contributed by atoms with Crippen LogP contribution in [0.1, 0.15) is 32.6 Å². The molecule has 1 amide bonds. The van der Waals surface area contributed by atoms with E-state index in [0.717, 1.165) is 25.3 Å². The maximum absolute atomic E-state index is 11.7. The van der Waals surface area contributed by atoms with Crippen molar-refractivity contribution in [3.8, 4) is 0 Å². The smallest absolute Gasteiger partial charge is 0.224 e. The zero-order chi connectivity index (χ0) is 12.7. The SMILES string of the molecule is CCC(CN)C(=O)NCCC1CCN(C)CC1. The molecule has 1 atom stereocenters. The molecule has 1 saturated heterocycles. The zero-order valence-electron chi connectivity index (χ0n) is 11.2. The summed E-state index contributed by atoms with van der Waals surface area (Å²) in [6.45, 7) is 5.66. The van der Waals surface area contributed by atoms with E-state index in [1.165, 1.54) is 25.9 Å². The van der Waals surface area contributed by atoms with Crippen LogP contribution in [0.5, 0.6) is 0 Å². The van der Waals surface area contributed by atoms with Crippen molar-refractivity contribution < 1.29 is 4.79 Å². The summed E-state index contributed by atoms with van der Waals surface area (Å²) in [5, 5.41) is 3.01. The maximum Gasteiger partial charge on any atom is 0.224 e. The van der Waals surface area contributed by atoms with Gasteiger partial charge in [-0.05, 0) is 51.7 Å². The van der Waals surface area contributed by atoms with Gasteiger partial charge in [0.05, 0.1) is 0 Å². The number of amides is 1. The quantitative estimate of drug-likeness (QED) is 0.724. The largest absolute Gasteiger partial charge is 0.356 e. The van der Waals surface area contributed by atoms with Crippen molar-refractivity contribution in [3.05, 3.63) is 0 Å². The summed E-state index contributed by atoms with van der Waals surface area (Å²) in [6.07, 6.45) is 4.47. The van der Waals surface area contributed by atoms with Gasteiger partial charge in [0, 0.05) is 19.0 Å². The lowest BCUT2D eigenvalue weighted by Crippen LogP contribution is -2.37. The number of likely N-dealkylation sites (tertiary alicyclic amines) is 1. The Kier molecular flexibility index (Phi) is 6.52. The lowest BCUT2D eigenvalue weighted by molar-refractivity contribution is -0.124. The van der Waals surface area contributed by atoms with Crippen molar-refractivity contribution in [2.45, 2.75) is 32.6 Å². The first-order valence-corrected chi connectivity index (χ1v) is 6.83. The molecule has 4 heteroatoms. The van der Waals surface area contributed by atoms with Gasteiger partial charge in [-0.25, -0.2) is 0 Å². The van der Waals surface area contributed by atoms with Crippen LogP contribution < -0.4 is 11.1 Å². The number of nitrogens with two attached hydrogens (primary N) is 1. The van der Waals surface area contributed by atoms with Gasteiger partial charge >= 0.3 is 0 Å². The number of carbonyl (C=O) groups is 1. The van der Waals surface area contributed by atoms with Crippen molar-refractivity contribution in [1.29, 1.82) is 0 Å². The summed E-state index contributed by atoms with van der Waals surface area (Å²) in [4.78, 5) is 14.1. The first kappa shape index (κ1) is 14.5. The number of rotatable bonds is 6. The molecule has 0 bridgehead atoms. The molecule has 3 N–H and O–H groups in total. The van der Waals surface area contributed by atoms with E-state index in [0.29, 0.717) is 6.54 Å². The first-order chi connectivity index (χ1) is 8.17. The summed E-state index contributed by atoms with van der Waals surface area (Å²) in [7, 11) is 2.17. The van der Waals surface area contributed by atoms with Crippen molar-refractivity contribution >= 4 is 5.91 Å². The Hall–Kier alpha value is -0.610. The minimum absolute atomic E-state index is 0.00695. The second kappa shape index (κ2) is 7.67. The molecular weight excluding hydrogens is 214 g/mol. The molecule has 17 heavy (non-hydrogen) atoms. The fourth-order valence-electron chi connectivity index (χ4n) is 2.35. The van der Waals surface area contributed by atoms with E-state index in [2.05, 4.69) is 17.3 Å². The Bertz CT molecular complexity index is 221. The lowest BCUT2D eigenvalue weighted by Gasteiger charge is -2.29. The fraction of sp³-hybridized carbons (Fsp3) is 0.923. The average molecular weight is 241 g/mol. The minimum atomic E-state index is -0.00695. The van der Waals surface area contributed by atoms with Crippen molar-refractivity contribution in [2.75, 3.05) is 33.2 Å². The van der Waals surface area contributed by atoms with E-state index in [1.807, 2.05) is 6.92 Å². The molecular formula is C13H27N3O. The third-order valence-electron chi connectivity index (χ3n) is 3.84. The summed E-state index contributed by atoms with van der Waals surface area (Å²) in [6, 6.07) is 0. The van der Waals surface area contributed by atoms with Crippen LogP contribution >= 0.6 is 0 Å². The molecule has 1 rings (SSSR count). The van der Waals surface area contributed by atoms with Crippen LogP contribution in [0.25, 0.3) is 0 Å². The second-order valence-electron chi connectivity index (χ2n) is 5.17. The van der Waals surface area contributed by atoms with Crippen LogP contribution in [-0.2, 0) is 4.79 Å². The summed E-state index contributed by atoms with van der Waals surface area (Å²) in [5.74, 6) is 0.903. The molecule has 0 radical (unpaired) electrons. The Morgan fingerprint density at radius 1 is 1.47 bits per heavy atom. The fourth-order valence-corrected chi connectivity index (χ4v) is 2.35. The lowest BCUT2D eigenvalue weighted by atomic mass is 9.94.